The van der Waals surface area contributed by atoms with Crippen LogP contribution in [0.5, 0.6) is 0 Å². The Labute approximate surface area is 47.1 Å². The molecule has 0 spiro atoms. The van der Waals surface area contributed by atoms with E-state index in [0.717, 1.165) is 24.4 Å². The first-order valence-corrected chi connectivity index (χ1v) is 3.81. The van der Waals surface area contributed by atoms with Crippen LogP contribution in [0.4, 0.5) is 0 Å². The monoisotopic (exact) mass is 169 g/mol. The molecular weight excluding hydrogens is 163 g/mol. The molecule has 0 aromatic heterocycles. The van der Waals surface area contributed by atoms with Crippen molar-refractivity contribution >= 4 is 24.4 Å². The van der Waals surface area contributed by atoms with Gasteiger partial charge in [0.2, 0.25) is 0 Å². The third-order valence-corrected chi connectivity index (χ3v) is 1.05. The Bertz CT molecular complexity index is 45.6. The summed E-state index contributed by atoms with van der Waals surface area (Å²) < 4.78 is 2.11. The van der Waals surface area contributed by atoms with Gasteiger partial charge in [0, 0.05) is 0 Å². The molecule has 0 aliphatic heterocycles. The molecule has 0 atom stereocenters. The Morgan fingerprint density at radius 1 is 1.60 bits per heavy atom. The first-order chi connectivity index (χ1) is 2.41. The van der Waals surface area contributed by atoms with Gasteiger partial charge >= 0.3 is 46.9 Å². The summed E-state index contributed by atoms with van der Waals surface area (Å²) >= 11 is 0.965. The van der Waals surface area contributed by atoms with Crippen molar-refractivity contribution in [3.8, 4) is 0 Å². The summed E-state index contributed by atoms with van der Waals surface area (Å²) in [7, 11) is 0. The van der Waals surface area contributed by atoms with Crippen molar-refractivity contribution in [3.05, 3.63) is 22.6 Å². The molecule has 0 N–H and O–H groups in total. The Morgan fingerprint density at radius 2 is 2.20 bits per heavy atom. The average Bonchev–Trinajstić information content (AvgIpc) is 1.41. The molecule has 0 fully saturated rings. The second kappa shape index (κ2) is 4.35. The van der Waals surface area contributed by atoms with Crippen molar-refractivity contribution in [1.29, 1.82) is 0 Å². The van der Waals surface area contributed by atoms with Gasteiger partial charge in [-0.2, -0.15) is 0 Å². The fourth-order valence-corrected chi connectivity index (χ4v) is 0.645. The molecular formula is C4H6In. The van der Waals surface area contributed by atoms with E-state index >= 15 is 0 Å². The minimum atomic E-state index is 0.965. The standard InChI is InChI=1S/C4H5.In.H/c1-3-4-2;;/h1,3-4H,2H2;;. The van der Waals surface area contributed by atoms with Gasteiger partial charge in [0.15, 0.2) is 0 Å². The molecule has 0 saturated carbocycles. The summed E-state index contributed by atoms with van der Waals surface area (Å²) in [4.78, 5) is 0. The van der Waals surface area contributed by atoms with Crippen LogP contribution in [0.25, 0.3) is 0 Å². The third kappa shape index (κ3) is 4.35. The van der Waals surface area contributed by atoms with Crippen molar-refractivity contribution in [2.24, 2.45) is 0 Å². The van der Waals surface area contributed by atoms with E-state index in [2.05, 4.69) is 10.4 Å². The summed E-state index contributed by atoms with van der Waals surface area (Å²) in [5.74, 6) is 0. The van der Waals surface area contributed by atoms with Crippen LogP contribution in [-0.2, 0) is 0 Å². The second-order valence-corrected chi connectivity index (χ2v) is 2.01. The fraction of sp³-hybridized carbons (Fsp3) is 0. The molecule has 0 aromatic carbocycles. The van der Waals surface area contributed by atoms with Gasteiger partial charge in [0.1, 0.15) is 0 Å². The number of rotatable bonds is 1. The number of hydrogen-bond donors (Lipinski definition) is 0. The van der Waals surface area contributed by atoms with Crippen LogP contribution >= 0.6 is 0 Å². The zero-order valence-electron chi connectivity index (χ0n) is 3.15. The molecule has 0 rings (SSSR count). The van der Waals surface area contributed by atoms with Gasteiger partial charge in [0.25, 0.3) is 0 Å². The van der Waals surface area contributed by atoms with Crippen LogP contribution < -0.4 is 0 Å². The predicted octanol–water partition coefficient (Wildman–Crippen LogP) is 0.587. The quantitative estimate of drug-likeness (QED) is 0.503. The second-order valence-electron chi connectivity index (χ2n) is 0.664. The molecule has 0 bridgehead atoms. The average molecular weight is 169 g/mol. The summed E-state index contributed by atoms with van der Waals surface area (Å²) in [6.45, 7) is 3.49. The van der Waals surface area contributed by atoms with Crippen LogP contribution in [0.3, 0.4) is 0 Å². The van der Waals surface area contributed by atoms with Crippen molar-refractivity contribution in [3.63, 3.8) is 0 Å². The third-order valence-electron chi connectivity index (χ3n) is 0.272. The van der Waals surface area contributed by atoms with Gasteiger partial charge in [-0.25, -0.2) is 0 Å². The van der Waals surface area contributed by atoms with Crippen molar-refractivity contribution in [2.45, 2.75) is 0 Å². The van der Waals surface area contributed by atoms with Crippen LogP contribution in [0.1, 0.15) is 0 Å². The minimum absolute atomic E-state index is 0.965. The normalized spacial score (nSPS) is 8.80. The summed E-state index contributed by atoms with van der Waals surface area (Å²) in [6, 6.07) is 0. The van der Waals surface area contributed by atoms with E-state index < -0.39 is 0 Å². The van der Waals surface area contributed by atoms with E-state index in [1.165, 1.54) is 0 Å². The Hall–Kier alpha value is 0.350. The van der Waals surface area contributed by atoms with Crippen LogP contribution in [0.2, 0.25) is 0 Å². The van der Waals surface area contributed by atoms with Gasteiger partial charge in [-0.15, -0.1) is 0 Å². The first-order valence-electron chi connectivity index (χ1n) is 1.48. The van der Waals surface area contributed by atoms with Crippen LogP contribution in [0.15, 0.2) is 22.6 Å². The van der Waals surface area contributed by atoms with E-state index in [1.807, 2.05) is 6.08 Å². The molecule has 0 nitrogen and oxygen atoms in total. The zero-order chi connectivity index (χ0) is 4.12. The molecule has 0 aromatic rings. The molecule has 0 heterocycles. The number of hydrogen-bond acceptors (Lipinski definition) is 0. The molecule has 0 unspecified atom stereocenters. The fourth-order valence-electron chi connectivity index (χ4n) is 0.0962. The summed E-state index contributed by atoms with van der Waals surface area (Å²) in [5.41, 5.74) is 0. The van der Waals surface area contributed by atoms with Crippen LogP contribution in [0, 0.1) is 0 Å². The Balaban J connectivity index is 2.92. The molecule has 5 heavy (non-hydrogen) atoms. The van der Waals surface area contributed by atoms with E-state index in [1.54, 1.807) is 6.08 Å². The van der Waals surface area contributed by atoms with E-state index in [-0.39, 0.29) is 0 Å². The van der Waals surface area contributed by atoms with Crippen molar-refractivity contribution in [1.82, 2.24) is 0 Å². The predicted molar refractivity (Wildman–Crippen MR) is 26.5 cm³/mol. The topological polar surface area (TPSA) is 0 Å². The van der Waals surface area contributed by atoms with Gasteiger partial charge in [-0.05, 0) is 0 Å². The SMILES string of the molecule is C=CC=[CH][InH]. The Morgan fingerprint density at radius 3 is 2.20 bits per heavy atom. The summed E-state index contributed by atoms with van der Waals surface area (Å²) in [5, 5.41) is 0. The molecule has 0 saturated heterocycles. The molecule has 0 amide bonds. The van der Waals surface area contributed by atoms with Gasteiger partial charge in [-0.3, -0.25) is 0 Å². The maximum atomic E-state index is 3.49. The van der Waals surface area contributed by atoms with Gasteiger partial charge in [0.05, 0.1) is 0 Å². The van der Waals surface area contributed by atoms with E-state index in [9.17, 15) is 0 Å². The molecule has 0 aliphatic carbocycles. The van der Waals surface area contributed by atoms with Crippen molar-refractivity contribution < 1.29 is 0 Å². The van der Waals surface area contributed by atoms with Gasteiger partial charge in [-0.1, -0.05) is 0 Å². The molecule has 1 heteroatoms. The van der Waals surface area contributed by atoms with Crippen LogP contribution in [-0.4, -0.2) is 24.4 Å². The number of allylic oxidation sites excluding steroid dienone is 2. The molecule has 0 aliphatic rings. The van der Waals surface area contributed by atoms with Gasteiger partial charge < -0.3 is 0 Å². The Kier molecular flexibility index (Phi) is 4.65. The van der Waals surface area contributed by atoms with E-state index in [4.69, 9.17) is 0 Å². The van der Waals surface area contributed by atoms with Crippen molar-refractivity contribution in [2.75, 3.05) is 0 Å². The van der Waals surface area contributed by atoms with E-state index in [0.29, 0.717) is 0 Å². The maximum absolute atomic E-state index is 3.49. The summed E-state index contributed by atoms with van der Waals surface area (Å²) in [6.07, 6.45) is 3.76. The molecule has 25 valence electrons. The zero-order valence-corrected chi connectivity index (χ0v) is 7.18. The first kappa shape index (κ1) is 5.35. The molecule has 1 radical (unpaired) electrons.